The standard InChI is InChI=1S/C12H15N3O/c1-9-5-4-6-10(2)12(9)16-7-11-13-8-14-15(11)3/h4-6,8H,7H2,1-3H3. The number of hydrogen-bond donors (Lipinski definition) is 0. The van der Waals surface area contributed by atoms with E-state index in [1.54, 1.807) is 4.68 Å². The molecular weight excluding hydrogens is 202 g/mol. The van der Waals surface area contributed by atoms with Gasteiger partial charge in [0.05, 0.1) is 0 Å². The minimum absolute atomic E-state index is 0.447. The number of ether oxygens (including phenoxy) is 1. The molecule has 0 amide bonds. The molecule has 0 aliphatic rings. The molecule has 84 valence electrons. The molecule has 1 aromatic carbocycles. The number of para-hydroxylation sites is 1. The Bertz CT molecular complexity index is 471. The summed E-state index contributed by atoms with van der Waals surface area (Å²) in [5.74, 6) is 1.76. The molecule has 0 aliphatic carbocycles. The average Bonchev–Trinajstić information content (AvgIpc) is 2.64. The van der Waals surface area contributed by atoms with Crippen LogP contribution in [0.1, 0.15) is 17.0 Å². The Morgan fingerprint density at radius 3 is 2.50 bits per heavy atom. The summed E-state index contributed by atoms with van der Waals surface area (Å²) in [6.07, 6.45) is 1.53. The number of nitrogens with zero attached hydrogens (tertiary/aromatic N) is 3. The molecule has 0 unspecified atom stereocenters. The molecule has 0 bridgehead atoms. The zero-order chi connectivity index (χ0) is 11.5. The second kappa shape index (κ2) is 4.35. The Labute approximate surface area is 94.9 Å². The first-order valence-electron chi connectivity index (χ1n) is 5.20. The molecule has 16 heavy (non-hydrogen) atoms. The van der Waals surface area contributed by atoms with Crippen LogP contribution >= 0.6 is 0 Å². The molecule has 0 N–H and O–H groups in total. The summed E-state index contributed by atoms with van der Waals surface area (Å²) >= 11 is 0. The van der Waals surface area contributed by atoms with E-state index < -0.39 is 0 Å². The summed E-state index contributed by atoms with van der Waals surface area (Å²) in [5.41, 5.74) is 2.28. The molecule has 0 atom stereocenters. The maximum absolute atomic E-state index is 5.77. The van der Waals surface area contributed by atoms with E-state index in [-0.39, 0.29) is 0 Å². The van der Waals surface area contributed by atoms with Gasteiger partial charge in [0.15, 0.2) is 5.82 Å². The Kier molecular flexibility index (Phi) is 2.90. The van der Waals surface area contributed by atoms with Crippen molar-refractivity contribution in [3.05, 3.63) is 41.5 Å². The Morgan fingerprint density at radius 2 is 1.94 bits per heavy atom. The van der Waals surface area contributed by atoms with E-state index in [0.717, 1.165) is 22.7 Å². The van der Waals surface area contributed by atoms with Crippen molar-refractivity contribution in [2.45, 2.75) is 20.5 Å². The normalized spacial score (nSPS) is 10.4. The monoisotopic (exact) mass is 217 g/mol. The summed E-state index contributed by atoms with van der Waals surface area (Å²) in [6.45, 7) is 4.53. The molecule has 0 aliphatic heterocycles. The van der Waals surface area contributed by atoms with Crippen molar-refractivity contribution in [3.8, 4) is 5.75 Å². The third-order valence-electron chi connectivity index (χ3n) is 2.56. The van der Waals surface area contributed by atoms with E-state index in [9.17, 15) is 0 Å². The first kappa shape index (κ1) is 10.7. The average molecular weight is 217 g/mol. The van der Waals surface area contributed by atoms with Crippen LogP contribution in [0, 0.1) is 13.8 Å². The Hall–Kier alpha value is -1.84. The highest BCUT2D eigenvalue weighted by atomic mass is 16.5. The number of benzene rings is 1. The van der Waals surface area contributed by atoms with Gasteiger partial charge in [0.1, 0.15) is 18.7 Å². The zero-order valence-electron chi connectivity index (χ0n) is 9.77. The fraction of sp³-hybridized carbons (Fsp3) is 0.333. The molecule has 0 spiro atoms. The van der Waals surface area contributed by atoms with Crippen molar-refractivity contribution < 1.29 is 4.74 Å². The fourth-order valence-electron chi connectivity index (χ4n) is 1.61. The first-order chi connectivity index (χ1) is 7.68. The summed E-state index contributed by atoms with van der Waals surface area (Å²) in [6, 6.07) is 6.11. The van der Waals surface area contributed by atoms with Crippen LogP contribution in [0.15, 0.2) is 24.5 Å². The van der Waals surface area contributed by atoms with E-state index in [0.29, 0.717) is 6.61 Å². The lowest BCUT2D eigenvalue weighted by atomic mass is 10.1. The summed E-state index contributed by atoms with van der Waals surface area (Å²) < 4.78 is 7.49. The van der Waals surface area contributed by atoms with Gasteiger partial charge in [0.25, 0.3) is 0 Å². The molecule has 1 aromatic heterocycles. The van der Waals surface area contributed by atoms with Crippen LogP contribution in [-0.2, 0) is 13.7 Å². The number of rotatable bonds is 3. The largest absolute Gasteiger partial charge is 0.485 e. The van der Waals surface area contributed by atoms with Gasteiger partial charge in [-0.25, -0.2) is 4.98 Å². The van der Waals surface area contributed by atoms with E-state index in [1.165, 1.54) is 6.33 Å². The number of hydrogen-bond acceptors (Lipinski definition) is 3. The van der Waals surface area contributed by atoms with Crippen LogP contribution < -0.4 is 4.74 Å². The Balaban J connectivity index is 2.14. The highest BCUT2D eigenvalue weighted by molar-refractivity contribution is 5.39. The lowest BCUT2D eigenvalue weighted by Gasteiger charge is -2.11. The molecule has 2 aromatic rings. The quantitative estimate of drug-likeness (QED) is 0.789. The van der Waals surface area contributed by atoms with E-state index in [2.05, 4.69) is 10.1 Å². The van der Waals surface area contributed by atoms with Crippen molar-refractivity contribution >= 4 is 0 Å². The topological polar surface area (TPSA) is 39.9 Å². The molecular formula is C12H15N3O. The Morgan fingerprint density at radius 1 is 1.25 bits per heavy atom. The third-order valence-corrected chi connectivity index (χ3v) is 2.56. The minimum atomic E-state index is 0.447. The lowest BCUT2D eigenvalue weighted by Crippen LogP contribution is -2.05. The SMILES string of the molecule is Cc1cccc(C)c1OCc1ncnn1C. The second-order valence-electron chi connectivity index (χ2n) is 3.81. The number of aromatic nitrogens is 3. The van der Waals surface area contributed by atoms with E-state index in [4.69, 9.17) is 4.74 Å². The molecule has 1 heterocycles. The van der Waals surface area contributed by atoms with Crippen molar-refractivity contribution in [1.29, 1.82) is 0 Å². The van der Waals surface area contributed by atoms with Crippen LogP contribution in [0.3, 0.4) is 0 Å². The van der Waals surface area contributed by atoms with Gasteiger partial charge in [0.2, 0.25) is 0 Å². The highest BCUT2D eigenvalue weighted by Gasteiger charge is 2.05. The smallest absolute Gasteiger partial charge is 0.164 e. The first-order valence-corrected chi connectivity index (χ1v) is 5.20. The van der Waals surface area contributed by atoms with Crippen LogP contribution in [0.2, 0.25) is 0 Å². The molecule has 0 radical (unpaired) electrons. The van der Waals surface area contributed by atoms with Crippen molar-refractivity contribution in [3.63, 3.8) is 0 Å². The van der Waals surface area contributed by atoms with Crippen LogP contribution in [0.5, 0.6) is 5.75 Å². The molecule has 0 fully saturated rings. The fourth-order valence-corrected chi connectivity index (χ4v) is 1.61. The van der Waals surface area contributed by atoms with Gasteiger partial charge in [-0.3, -0.25) is 4.68 Å². The van der Waals surface area contributed by atoms with Crippen molar-refractivity contribution in [2.75, 3.05) is 0 Å². The van der Waals surface area contributed by atoms with Gasteiger partial charge in [-0.05, 0) is 25.0 Å². The van der Waals surface area contributed by atoms with Crippen LogP contribution in [-0.4, -0.2) is 14.8 Å². The highest BCUT2D eigenvalue weighted by Crippen LogP contribution is 2.22. The van der Waals surface area contributed by atoms with Gasteiger partial charge < -0.3 is 4.74 Å². The van der Waals surface area contributed by atoms with Gasteiger partial charge in [-0.2, -0.15) is 5.10 Å². The lowest BCUT2D eigenvalue weighted by molar-refractivity contribution is 0.286. The molecule has 4 heteroatoms. The summed E-state index contributed by atoms with van der Waals surface area (Å²) in [7, 11) is 1.86. The van der Waals surface area contributed by atoms with E-state index in [1.807, 2.05) is 39.1 Å². The second-order valence-corrected chi connectivity index (χ2v) is 3.81. The summed E-state index contributed by atoms with van der Waals surface area (Å²) in [5, 5.41) is 4.00. The predicted molar refractivity (Wildman–Crippen MR) is 61.3 cm³/mol. The molecule has 0 saturated heterocycles. The molecule has 0 saturated carbocycles. The minimum Gasteiger partial charge on any atom is -0.485 e. The zero-order valence-corrected chi connectivity index (χ0v) is 9.77. The maximum Gasteiger partial charge on any atom is 0.164 e. The summed E-state index contributed by atoms with van der Waals surface area (Å²) in [4.78, 5) is 4.12. The molecule has 2 rings (SSSR count). The van der Waals surface area contributed by atoms with Gasteiger partial charge >= 0.3 is 0 Å². The maximum atomic E-state index is 5.77. The third kappa shape index (κ3) is 2.05. The van der Waals surface area contributed by atoms with Gasteiger partial charge in [0, 0.05) is 7.05 Å². The van der Waals surface area contributed by atoms with Gasteiger partial charge in [-0.1, -0.05) is 18.2 Å². The van der Waals surface area contributed by atoms with Crippen molar-refractivity contribution in [2.24, 2.45) is 7.05 Å². The van der Waals surface area contributed by atoms with Crippen LogP contribution in [0.4, 0.5) is 0 Å². The van der Waals surface area contributed by atoms with Crippen LogP contribution in [0.25, 0.3) is 0 Å². The van der Waals surface area contributed by atoms with E-state index >= 15 is 0 Å². The molecule has 4 nitrogen and oxygen atoms in total. The van der Waals surface area contributed by atoms with Gasteiger partial charge in [-0.15, -0.1) is 0 Å². The van der Waals surface area contributed by atoms with Crippen molar-refractivity contribution in [1.82, 2.24) is 14.8 Å². The predicted octanol–water partition coefficient (Wildman–Crippen LogP) is 2.01. The number of aryl methyl sites for hydroxylation is 3.